The van der Waals surface area contributed by atoms with Crippen molar-refractivity contribution < 1.29 is 14.7 Å². The minimum absolute atomic E-state index is 0.218. The van der Waals surface area contributed by atoms with Crippen molar-refractivity contribution in [3.63, 3.8) is 0 Å². The highest BCUT2D eigenvalue weighted by Gasteiger charge is 2.35. The molecule has 1 fully saturated rings. The van der Waals surface area contributed by atoms with Crippen LogP contribution in [-0.4, -0.2) is 27.2 Å². The van der Waals surface area contributed by atoms with Gasteiger partial charge < -0.3 is 10.4 Å². The molecule has 2 atom stereocenters. The van der Waals surface area contributed by atoms with Gasteiger partial charge in [-0.15, -0.1) is 0 Å². The molecule has 1 aliphatic rings. The number of carbonyl (C=O) groups is 2. The minimum atomic E-state index is -0.880. The minimum Gasteiger partial charge on any atom is -0.481 e. The summed E-state index contributed by atoms with van der Waals surface area (Å²) < 4.78 is 0. The molecule has 1 amide bonds. The van der Waals surface area contributed by atoms with Crippen LogP contribution in [0.4, 0.5) is 5.69 Å². The Kier molecular flexibility index (Phi) is 3.60. The average Bonchev–Trinajstić information content (AvgIpc) is 2.96. The summed E-state index contributed by atoms with van der Waals surface area (Å²) >= 11 is 0. The van der Waals surface area contributed by atoms with Crippen molar-refractivity contribution in [2.45, 2.75) is 25.7 Å². The lowest BCUT2D eigenvalue weighted by molar-refractivity contribution is -0.147. The van der Waals surface area contributed by atoms with Gasteiger partial charge in [0.25, 0.3) is 0 Å². The largest absolute Gasteiger partial charge is 0.481 e. The summed E-state index contributed by atoms with van der Waals surface area (Å²) in [5.74, 6) is -2.15. The van der Waals surface area contributed by atoms with Crippen LogP contribution in [-0.2, 0) is 9.59 Å². The van der Waals surface area contributed by atoms with Crippen LogP contribution in [0.2, 0.25) is 0 Å². The van der Waals surface area contributed by atoms with E-state index < -0.39 is 17.8 Å². The lowest BCUT2D eigenvalue weighted by Gasteiger charge is -2.27. The van der Waals surface area contributed by atoms with E-state index in [9.17, 15) is 14.7 Å². The van der Waals surface area contributed by atoms with E-state index in [1.165, 1.54) is 0 Å². The Morgan fingerprint density at radius 3 is 2.76 bits per heavy atom. The fourth-order valence-electron chi connectivity index (χ4n) is 3.04. The molecule has 0 saturated heterocycles. The van der Waals surface area contributed by atoms with Crippen LogP contribution in [0, 0.1) is 11.8 Å². The summed E-state index contributed by atoms with van der Waals surface area (Å²) in [6, 6.07) is 5.52. The topological polar surface area (TPSA) is 95.1 Å². The Hall–Kier alpha value is -2.37. The summed E-state index contributed by atoms with van der Waals surface area (Å²) in [6.45, 7) is 0. The molecule has 6 heteroatoms. The summed E-state index contributed by atoms with van der Waals surface area (Å²) in [5, 5.41) is 19.8. The predicted octanol–water partition coefficient (Wildman–Crippen LogP) is 2.39. The molecule has 3 N–H and O–H groups in total. The third-order valence-corrected chi connectivity index (χ3v) is 4.15. The van der Waals surface area contributed by atoms with Gasteiger partial charge in [-0.05, 0) is 18.9 Å². The maximum Gasteiger partial charge on any atom is 0.307 e. The molecule has 0 bridgehead atoms. The zero-order chi connectivity index (χ0) is 14.8. The van der Waals surface area contributed by atoms with Gasteiger partial charge in [-0.3, -0.25) is 14.7 Å². The number of hydrogen-bond donors (Lipinski definition) is 3. The number of nitrogens with one attached hydrogen (secondary N) is 2. The zero-order valence-electron chi connectivity index (χ0n) is 11.5. The van der Waals surface area contributed by atoms with Crippen molar-refractivity contribution >= 4 is 28.5 Å². The fraction of sp³-hybridized carbons (Fsp3) is 0.400. The Labute approximate surface area is 121 Å². The van der Waals surface area contributed by atoms with Crippen LogP contribution < -0.4 is 5.32 Å². The molecule has 1 aromatic heterocycles. The van der Waals surface area contributed by atoms with Crippen molar-refractivity contribution in [2.75, 3.05) is 5.32 Å². The van der Waals surface area contributed by atoms with E-state index in [-0.39, 0.29) is 5.91 Å². The average molecular weight is 287 g/mol. The molecule has 0 unspecified atom stereocenters. The number of carboxylic acids is 1. The van der Waals surface area contributed by atoms with E-state index in [4.69, 9.17) is 0 Å². The number of benzene rings is 1. The number of nitrogens with zero attached hydrogens (tertiary/aromatic N) is 1. The number of carboxylic acid groups (broad SMARTS) is 1. The van der Waals surface area contributed by atoms with E-state index in [1.54, 1.807) is 12.3 Å². The first kappa shape index (κ1) is 13.6. The van der Waals surface area contributed by atoms with E-state index in [0.29, 0.717) is 18.5 Å². The Balaban J connectivity index is 1.82. The number of amides is 1. The molecule has 0 spiro atoms. The van der Waals surface area contributed by atoms with Gasteiger partial charge in [0.05, 0.1) is 29.2 Å². The first-order chi connectivity index (χ1) is 10.2. The molecule has 1 heterocycles. The monoisotopic (exact) mass is 287 g/mol. The highest BCUT2D eigenvalue weighted by molar-refractivity contribution is 6.02. The molecule has 0 radical (unpaired) electrons. The van der Waals surface area contributed by atoms with Crippen LogP contribution in [0.3, 0.4) is 0 Å². The molecular weight excluding hydrogens is 270 g/mol. The number of fused-ring (bicyclic) bond motifs is 1. The maximum atomic E-state index is 12.4. The number of aromatic nitrogens is 2. The van der Waals surface area contributed by atoms with Gasteiger partial charge in [0.2, 0.25) is 5.91 Å². The molecule has 1 aliphatic carbocycles. The second-order valence-corrected chi connectivity index (χ2v) is 5.46. The number of aliphatic carboxylic acids is 1. The number of anilines is 1. The first-order valence-electron chi connectivity index (χ1n) is 7.12. The van der Waals surface area contributed by atoms with Gasteiger partial charge in [0.15, 0.2) is 0 Å². The number of para-hydroxylation sites is 1. The van der Waals surface area contributed by atoms with E-state index >= 15 is 0 Å². The Bertz CT molecular complexity index is 680. The standard InChI is InChI=1S/C15H17N3O3/c19-14(10-5-1-2-6-11(10)15(20)21)17-12-7-3-4-9-8-16-18-13(9)12/h3-4,7-8,10-11H,1-2,5-6H2,(H,16,18)(H,17,19)(H,20,21)/t10-,11+/m1/s1. The van der Waals surface area contributed by atoms with Gasteiger partial charge in [0.1, 0.15) is 0 Å². The quantitative estimate of drug-likeness (QED) is 0.807. The van der Waals surface area contributed by atoms with Gasteiger partial charge in [-0.2, -0.15) is 5.10 Å². The fourth-order valence-corrected chi connectivity index (χ4v) is 3.04. The summed E-state index contributed by atoms with van der Waals surface area (Å²) in [6.07, 6.45) is 4.65. The molecule has 1 aromatic carbocycles. The normalized spacial score (nSPS) is 22.1. The lowest BCUT2D eigenvalue weighted by atomic mass is 9.78. The molecule has 110 valence electrons. The van der Waals surface area contributed by atoms with Crippen LogP contribution in [0.25, 0.3) is 10.9 Å². The van der Waals surface area contributed by atoms with Gasteiger partial charge in [-0.25, -0.2) is 0 Å². The van der Waals surface area contributed by atoms with Gasteiger partial charge in [-0.1, -0.05) is 25.0 Å². The van der Waals surface area contributed by atoms with Crippen molar-refractivity contribution in [1.82, 2.24) is 10.2 Å². The second-order valence-electron chi connectivity index (χ2n) is 5.46. The zero-order valence-corrected chi connectivity index (χ0v) is 11.5. The number of rotatable bonds is 3. The van der Waals surface area contributed by atoms with Crippen molar-refractivity contribution in [1.29, 1.82) is 0 Å². The molecular formula is C15H17N3O3. The van der Waals surface area contributed by atoms with E-state index in [0.717, 1.165) is 23.7 Å². The van der Waals surface area contributed by atoms with Crippen LogP contribution >= 0.6 is 0 Å². The number of carbonyl (C=O) groups excluding carboxylic acids is 1. The van der Waals surface area contributed by atoms with Crippen LogP contribution in [0.1, 0.15) is 25.7 Å². The smallest absolute Gasteiger partial charge is 0.307 e. The van der Waals surface area contributed by atoms with Crippen molar-refractivity contribution in [3.8, 4) is 0 Å². The molecule has 3 rings (SSSR count). The molecule has 1 saturated carbocycles. The molecule has 2 aromatic rings. The van der Waals surface area contributed by atoms with Gasteiger partial charge >= 0.3 is 5.97 Å². The SMILES string of the molecule is O=C(O)[C@H]1CCCC[C@H]1C(=O)Nc1cccc2cn[nH]c12. The molecule has 21 heavy (non-hydrogen) atoms. The maximum absolute atomic E-state index is 12.4. The Morgan fingerprint density at radius 2 is 2.00 bits per heavy atom. The van der Waals surface area contributed by atoms with Gasteiger partial charge in [0, 0.05) is 5.39 Å². The molecule has 0 aliphatic heterocycles. The highest BCUT2D eigenvalue weighted by atomic mass is 16.4. The van der Waals surface area contributed by atoms with E-state index in [2.05, 4.69) is 15.5 Å². The van der Waals surface area contributed by atoms with Crippen LogP contribution in [0.15, 0.2) is 24.4 Å². The highest BCUT2D eigenvalue weighted by Crippen LogP contribution is 2.32. The van der Waals surface area contributed by atoms with E-state index in [1.807, 2.05) is 12.1 Å². The van der Waals surface area contributed by atoms with Crippen LogP contribution in [0.5, 0.6) is 0 Å². The number of H-pyrrole nitrogens is 1. The van der Waals surface area contributed by atoms with Crippen molar-refractivity contribution in [3.05, 3.63) is 24.4 Å². The first-order valence-corrected chi connectivity index (χ1v) is 7.12. The second kappa shape index (κ2) is 5.55. The summed E-state index contributed by atoms with van der Waals surface area (Å²) in [5.41, 5.74) is 1.40. The van der Waals surface area contributed by atoms with Crippen molar-refractivity contribution in [2.24, 2.45) is 11.8 Å². The summed E-state index contributed by atoms with van der Waals surface area (Å²) in [4.78, 5) is 23.7. The predicted molar refractivity (Wildman–Crippen MR) is 77.8 cm³/mol. The Morgan fingerprint density at radius 1 is 1.24 bits per heavy atom. The third kappa shape index (κ3) is 2.61. The number of aromatic amines is 1. The lowest BCUT2D eigenvalue weighted by Crippen LogP contribution is -2.36. The number of hydrogen-bond acceptors (Lipinski definition) is 3. The third-order valence-electron chi connectivity index (χ3n) is 4.15. The molecule has 6 nitrogen and oxygen atoms in total. The summed E-state index contributed by atoms with van der Waals surface area (Å²) in [7, 11) is 0.